The standard InChI is InChI=1S/C27H33NO4/c1-4-7-24(30)28-16-27(14-15-27)17-32-26-22(11-10-18(5-2)25(26)31-3)19-8-6-9-21-20(19)12-13-23(21)29/h6,8-11H,4-5,7,12-17H2,1-3H3,(H,28,30). The topological polar surface area (TPSA) is 64.6 Å². The summed E-state index contributed by atoms with van der Waals surface area (Å²) in [5.74, 6) is 1.82. The van der Waals surface area contributed by atoms with Gasteiger partial charge in [-0.3, -0.25) is 9.59 Å². The molecule has 0 aromatic heterocycles. The van der Waals surface area contributed by atoms with Gasteiger partial charge in [0.2, 0.25) is 5.91 Å². The van der Waals surface area contributed by atoms with E-state index in [4.69, 9.17) is 9.47 Å². The molecule has 1 N–H and O–H groups in total. The Labute approximate surface area is 190 Å². The number of nitrogens with one attached hydrogen (secondary N) is 1. The first-order valence-corrected chi connectivity index (χ1v) is 11.8. The van der Waals surface area contributed by atoms with Crippen molar-refractivity contribution in [1.82, 2.24) is 5.32 Å². The number of hydrogen-bond acceptors (Lipinski definition) is 4. The Morgan fingerprint density at radius 1 is 1.03 bits per heavy atom. The molecule has 5 nitrogen and oxygen atoms in total. The maximum atomic E-state index is 12.3. The molecule has 0 spiro atoms. The highest BCUT2D eigenvalue weighted by Gasteiger charge is 2.44. The van der Waals surface area contributed by atoms with E-state index in [9.17, 15) is 9.59 Å². The van der Waals surface area contributed by atoms with Gasteiger partial charge in [0.25, 0.3) is 0 Å². The van der Waals surface area contributed by atoms with Gasteiger partial charge in [0, 0.05) is 35.9 Å². The van der Waals surface area contributed by atoms with Gasteiger partial charge in [0.05, 0.1) is 13.7 Å². The lowest BCUT2D eigenvalue weighted by Gasteiger charge is -2.22. The van der Waals surface area contributed by atoms with E-state index in [1.54, 1.807) is 7.11 Å². The molecule has 1 amide bonds. The third kappa shape index (κ3) is 4.38. The molecule has 1 saturated carbocycles. The molecular formula is C27H33NO4. The highest BCUT2D eigenvalue weighted by atomic mass is 16.5. The molecule has 0 aliphatic heterocycles. The van der Waals surface area contributed by atoms with E-state index < -0.39 is 0 Å². The number of rotatable bonds is 10. The highest BCUT2D eigenvalue weighted by Crippen LogP contribution is 2.48. The first-order valence-electron chi connectivity index (χ1n) is 11.8. The lowest BCUT2D eigenvalue weighted by Crippen LogP contribution is -2.33. The minimum atomic E-state index is -0.0114. The number of hydrogen-bond donors (Lipinski definition) is 1. The minimum Gasteiger partial charge on any atom is -0.493 e. The maximum Gasteiger partial charge on any atom is 0.220 e. The number of Topliss-reactive ketones (excluding diaryl/α,β-unsaturated/α-hetero) is 1. The van der Waals surface area contributed by atoms with E-state index in [0.29, 0.717) is 26.0 Å². The highest BCUT2D eigenvalue weighted by molar-refractivity contribution is 6.02. The first-order chi connectivity index (χ1) is 15.5. The van der Waals surface area contributed by atoms with Crippen molar-refractivity contribution in [3.05, 3.63) is 47.0 Å². The smallest absolute Gasteiger partial charge is 0.220 e. The monoisotopic (exact) mass is 435 g/mol. The number of carbonyl (C=O) groups excluding carboxylic acids is 2. The Kier molecular flexibility index (Phi) is 6.54. The summed E-state index contributed by atoms with van der Waals surface area (Å²) in [5, 5.41) is 3.07. The fraction of sp³-hybridized carbons (Fsp3) is 0.481. The third-order valence-corrected chi connectivity index (χ3v) is 6.76. The number of carbonyl (C=O) groups is 2. The van der Waals surface area contributed by atoms with Crippen LogP contribution in [0.2, 0.25) is 0 Å². The summed E-state index contributed by atoms with van der Waals surface area (Å²) in [7, 11) is 1.68. The number of amides is 1. The SMILES string of the molecule is CCCC(=O)NCC1(COc2c(-c3cccc4c3CCC4=O)ccc(CC)c2OC)CC1. The average molecular weight is 436 g/mol. The normalized spacial score (nSPS) is 15.9. The van der Waals surface area contributed by atoms with Crippen LogP contribution in [0.1, 0.15) is 67.4 Å². The van der Waals surface area contributed by atoms with Crippen molar-refractivity contribution in [3.8, 4) is 22.6 Å². The average Bonchev–Trinajstić information content (AvgIpc) is 3.49. The van der Waals surface area contributed by atoms with Gasteiger partial charge in [0.15, 0.2) is 17.3 Å². The van der Waals surface area contributed by atoms with Gasteiger partial charge >= 0.3 is 0 Å². The second-order valence-electron chi connectivity index (χ2n) is 9.06. The van der Waals surface area contributed by atoms with Gasteiger partial charge in [-0.15, -0.1) is 0 Å². The van der Waals surface area contributed by atoms with E-state index >= 15 is 0 Å². The van der Waals surface area contributed by atoms with Crippen LogP contribution in [0.25, 0.3) is 11.1 Å². The van der Waals surface area contributed by atoms with E-state index in [0.717, 1.165) is 71.4 Å². The maximum absolute atomic E-state index is 12.3. The Balaban J connectivity index is 1.64. The largest absolute Gasteiger partial charge is 0.493 e. The third-order valence-electron chi connectivity index (χ3n) is 6.76. The molecule has 0 radical (unpaired) electrons. The quantitative estimate of drug-likeness (QED) is 0.562. The second-order valence-corrected chi connectivity index (χ2v) is 9.06. The molecule has 0 atom stereocenters. The summed E-state index contributed by atoms with van der Waals surface area (Å²) >= 11 is 0. The van der Waals surface area contributed by atoms with Gasteiger partial charge in [-0.05, 0) is 48.8 Å². The minimum absolute atomic E-state index is 0.0114. The Morgan fingerprint density at radius 3 is 2.50 bits per heavy atom. The molecule has 2 aromatic rings. The van der Waals surface area contributed by atoms with Crippen LogP contribution in [0.3, 0.4) is 0 Å². The van der Waals surface area contributed by atoms with Crippen LogP contribution in [0, 0.1) is 5.41 Å². The molecule has 2 aliphatic rings. The molecule has 0 saturated heterocycles. The molecule has 2 aliphatic carbocycles. The molecule has 2 aromatic carbocycles. The zero-order valence-electron chi connectivity index (χ0n) is 19.4. The summed E-state index contributed by atoms with van der Waals surface area (Å²) in [6.07, 6.45) is 5.65. The fourth-order valence-electron chi connectivity index (χ4n) is 4.58. The van der Waals surface area contributed by atoms with Gasteiger partial charge in [0.1, 0.15) is 0 Å². The number of ether oxygens (including phenoxy) is 2. The summed E-state index contributed by atoms with van der Waals surface area (Å²) in [6.45, 7) is 5.29. The molecule has 32 heavy (non-hydrogen) atoms. The number of methoxy groups -OCH3 is 1. The van der Waals surface area contributed by atoms with Crippen molar-refractivity contribution in [2.24, 2.45) is 5.41 Å². The van der Waals surface area contributed by atoms with Crippen molar-refractivity contribution < 1.29 is 19.1 Å². The Hall–Kier alpha value is -2.82. The molecule has 5 heteroatoms. The zero-order chi connectivity index (χ0) is 22.7. The van der Waals surface area contributed by atoms with Crippen molar-refractivity contribution in [2.75, 3.05) is 20.3 Å². The van der Waals surface area contributed by atoms with Crippen LogP contribution in [0.15, 0.2) is 30.3 Å². The van der Waals surface area contributed by atoms with Gasteiger partial charge < -0.3 is 14.8 Å². The first kappa shape index (κ1) is 22.4. The zero-order valence-corrected chi connectivity index (χ0v) is 19.4. The fourth-order valence-corrected chi connectivity index (χ4v) is 4.58. The molecule has 1 fully saturated rings. The van der Waals surface area contributed by atoms with Gasteiger partial charge in [-0.25, -0.2) is 0 Å². The van der Waals surface area contributed by atoms with Crippen molar-refractivity contribution in [3.63, 3.8) is 0 Å². The molecule has 0 unspecified atom stereocenters. The summed E-state index contributed by atoms with van der Waals surface area (Å²) in [6, 6.07) is 10.1. The summed E-state index contributed by atoms with van der Waals surface area (Å²) in [4.78, 5) is 24.3. The van der Waals surface area contributed by atoms with Crippen molar-refractivity contribution in [2.45, 2.75) is 58.8 Å². The number of aryl methyl sites for hydroxylation is 1. The molecule has 4 rings (SSSR count). The number of benzene rings is 2. The molecule has 0 heterocycles. The molecule has 170 valence electrons. The second kappa shape index (κ2) is 9.35. The van der Waals surface area contributed by atoms with Crippen LogP contribution in [0.4, 0.5) is 0 Å². The van der Waals surface area contributed by atoms with Crippen LogP contribution < -0.4 is 14.8 Å². The van der Waals surface area contributed by atoms with E-state index in [-0.39, 0.29) is 17.1 Å². The molecule has 0 bridgehead atoms. The lowest BCUT2D eigenvalue weighted by atomic mass is 9.94. The predicted molar refractivity (Wildman–Crippen MR) is 126 cm³/mol. The van der Waals surface area contributed by atoms with Crippen LogP contribution >= 0.6 is 0 Å². The van der Waals surface area contributed by atoms with Crippen LogP contribution in [-0.2, 0) is 17.6 Å². The predicted octanol–water partition coefficient (Wildman–Crippen LogP) is 5.13. The summed E-state index contributed by atoms with van der Waals surface area (Å²) < 4.78 is 12.3. The van der Waals surface area contributed by atoms with E-state index in [1.807, 2.05) is 19.1 Å². The van der Waals surface area contributed by atoms with Crippen LogP contribution in [-0.4, -0.2) is 32.0 Å². The van der Waals surface area contributed by atoms with E-state index in [2.05, 4.69) is 30.4 Å². The number of fused-ring (bicyclic) bond motifs is 1. The van der Waals surface area contributed by atoms with Crippen molar-refractivity contribution >= 4 is 11.7 Å². The Bertz CT molecular complexity index is 1020. The lowest BCUT2D eigenvalue weighted by molar-refractivity contribution is -0.121. The summed E-state index contributed by atoms with van der Waals surface area (Å²) in [5.41, 5.74) is 5.02. The van der Waals surface area contributed by atoms with Crippen molar-refractivity contribution in [1.29, 1.82) is 0 Å². The molecular weight excluding hydrogens is 402 g/mol. The number of ketones is 1. The van der Waals surface area contributed by atoms with Gasteiger partial charge in [-0.2, -0.15) is 0 Å². The van der Waals surface area contributed by atoms with Crippen LogP contribution in [0.5, 0.6) is 11.5 Å². The Morgan fingerprint density at radius 2 is 1.81 bits per heavy atom. The van der Waals surface area contributed by atoms with E-state index in [1.165, 1.54) is 0 Å². The van der Waals surface area contributed by atoms with Gasteiger partial charge in [-0.1, -0.05) is 44.2 Å².